The molecule has 0 fully saturated rings. The third-order valence-corrected chi connectivity index (χ3v) is 4.77. The van der Waals surface area contributed by atoms with E-state index in [1.807, 2.05) is 36.4 Å². The fraction of sp³-hybridized carbons (Fsp3) is 0.222. The maximum Gasteiger partial charge on any atom is 0.205 e. The van der Waals surface area contributed by atoms with E-state index in [0.29, 0.717) is 10.6 Å². The number of nitrogens with one attached hydrogen (secondary N) is 1. The Labute approximate surface area is 139 Å². The fourth-order valence-corrected chi connectivity index (χ4v) is 3.69. The van der Waals surface area contributed by atoms with E-state index in [0.717, 1.165) is 22.5 Å². The summed E-state index contributed by atoms with van der Waals surface area (Å²) in [6.45, 7) is 4.30. The molecule has 2 aromatic carbocycles. The summed E-state index contributed by atoms with van der Waals surface area (Å²) in [7, 11) is 0. The van der Waals surface area contributed by atoms with Crippen LogP contribution in [0.5, 0.6) is 0 Å². The number of anilines is 1. The van der Waals surface area contributed by atoms with Gasteiger partial charge in [-0.2, -0.15) is 5.26 Å². The van der Waals surface area contributed by atoms with E-state index in [1.54, 1.807) is 0 Å². The molecule has 0 saturated heterocycles. The van der Waals surface area contributed by atoms with Gasteiger partial charge in [0.05, 0.1) is 28.2 Å². The minimum atomic E-state index is -0.276. The molecule has 1 aliphatic heterocycles. The fourth-order valence-electron chi connectivity index (χ4n) is 3.49. The number of benzene rings is 2. The second-order valence-corrected chi connectivity index (χ2v) is 6.78. The molecule has 1 atom stereocenters. The van der Waals surface area contributed by atoms with Crippen molar-refractivity contribution in [2.45, 2.75) is 25.4 Å². The molecule has 0 spiro atoms. The second kappa shape index (κ2) is 4.74. The van der Waals surface area contributed by atoms with Crippen LogP contribution in [0.3, 0.4) is 0 Å². The van der Waals surface area contributed by atoms with Gasteiger partial charge in [-0.15, -0.1) is 0 Å². The molecule has 1 unspecified atom stereocenters. The van der Waals surface area contributed by atoms with Gasteiger partial charge in [-0.1, -0.05) is 29.8 Å². The maximum absolute atomic E-state index is 9.45. The molecule has 4 rings (SSSR count). The van der Waals surface area contributed by atoms with Gasteiger partial charge in [-0.25, -0.2) is 4.98 Å². The first-order valence-electron chi connectivity index (χ1n) is 7.46. The van der Waals surface area contributed by atoms with Crippen molar-refractivity contribution in [1.29, 1.82) is 5.26 Å². The Morgan fingerprint density at radius 2 is 2.04 bits per heavy atom. The average Bonchev–Trinajstić information content (AvgIpc) is 3.02. The Morgan fingerprint density at radius 1 is 1.26 bits per heavy atom. The summed E-state index contributed by atoms with van der Waals surface area (Å²) in [6.07, 6.45) is 0. The monoisotopic (exact) mass is 322 g/mol. The van der Waals surface area contributed by atoms with Crippen LogP contribution in [0.25, 0.3) is 11.0 Å². The number of hydrogen-bond acceptors (Lipinski definition) is 3. The Morgan fingerprint density at radius 3 is 2.78 bits per heavy atom. The SMILES string of the molecule is CC1(C)C(c2cccc(Cl)c2)Nc2nc3cccc(C#N)c3n21. The number of halogens is 1. The lowest BCUT2D eigenvalue weighted by molar-refractivity contribution is 0.352. The van der Waals surface area contributed by atoms with Crippen molar-refractivity contribution >= 4 is 28.6 Å². The van der Waals surface area contributed by atoms with E-state index in [-0.39, 0.29) is 11.6 Å². The molecule has 1 aliphatic rings. The molecule has 0 amide bonds. The normalized spacial score (nSPS) is 18.4. The molecule has 2 heterocycles. The van der Waals surface area contributed by atoms with Crippen molar-refractivity contribution < 1.29 is 0 Å². The van der Waals surface area contributed by atoms with Crippen molar-refractivity contribution in [3.63, 3.8) is 0 Å². The lowest BCUT2D eigenvalue weighted by Crippen LogP contribution is -2.30. The van der Waals surface area contributed by atoms with Crippen LogP contribution in [0.15, 0.2) is 42.5 Å². The van der Waals surface area contributed by atoms with Crippen molar-refractivity contribution in [3.05, 3.63) is 58.6 Å². The molecule has 0 radical (unpaired) electrons. The number of hydrogen-bond donors (Lipinski definition) is 1. The predicted molar refractivity (Wildman–Crippen MR) is 91.6 cm³/mol. The summed E-state index contributed by atoms with van der Waals surface area (Å²) in [5.41, 5.74) is 3.19. The number of imidazole rings is 1. The molecule has 4 nitrogen and oxygen atoms in total. The zero-order chi connectivity index (χ0) is 16.2. The van der Waals surface area contributed by atoms with Crippen LogP contribution in [0.1, 0.15) is 31.0 Å². The van der Waals surface area contributed by atoms with Crippen molar-refractivity contribution in [2.24, 2.45) is 0 Å². The molecule has 1 aromatic heterocycles. The number of aromatic nitrogens is 2. The van der Waals surface area contributed by atoms with Crippen molar-refractivity contribution in [2.75, 3.05) is 5.32 Å². The Kier molecular flexibility index (Phi) is 2.91. The number of para-hydroxylation sites is 1. The van der Waals surface area contributed by atoms with Crippen LogP contribution in [0.2, 0.25) is 5.02 Å². The molecular weight excluding hydrogens is 308 g/mol. The van der Waals surface area contributed by atoms with Gasteiger partial charge < -0.3 is 9.88 Å². The van der Waals surface area contributed by atoms with Gasteiger partial charge in [0.25, 0.3) is 0 Å². The molecule has 0 aliphatic carbocycles. The molecular formula is C18H15ClN4. The van der Waals surface area contributed by atoms with Crippen LogP contribution >= 0.6 is 11.6 Å². The molecule has 1 N–H and O–H groups in total. The largest absolute Gasteiger partial charge is 0.346 e. The smallest absolute Gasteiger partial charge is 0.205 e. The van der Waals surface area contributed by atoms with Crippen LogP contribution in [0, 0.1) is 11.3 Å². The lowest BCUT2D eigenvalue weighted by atomic mass is 9.89. The first-order valence-corrected chi connectivity index (χ1v) is 7.84. The predicted octanol–water partition coefficient (Wildman–Crippen LogP) is 4.46. The van der Waals surface area contributed by atoms with Crippen LogP contribution < -0.4 is 5.32 Å². The van der Waals surface area contributed by atoms with E-state index >= 15 is 0 Å². The highest BCUT2D eigenvalue weighted by molar-refractivity contribution is 6.30. The molecule has 3 aromatic rings. The topological polar surface area (TPSA) is 53.6 Å². The van der Waals surface area contributed by atoms with Crippen LogP contribution in [-0.4, -0.2) is 9.55 Å². The first kappa shape index (κ1) is 14.1. The quantitative estimate of drug-likeness (QED) is 0.719. The molecule has 23 heavy (non-hydrogen) atoms. The summed E-state index contributed by atoms with van der Waals surface area (Å²) < 4.78 is 2.13. The van der Waals surface area contributed by atoms with Crippen molar-refractivity contribution in [3.8, 4) is 6.07 Å². The van der Waals surface area contributed by atoms with Gasteiger partial charge in [0.2, 0.25) is 5.95 Å². The zero-order valence-electron chi connectivity index (χ0n) is 12.8. The highest BCUT2D eigenvalue weighted by Crippen LogP contribution is 2.45. The number of fused-ring (bicyclic) bond motifs is 3. The summed E-state index contributed by atoms with van der Waals surface area (Å²) in [5.74, 6) is 0.790. The summed E-state index contributed by atoms with van der Waals surface area (Å²) >= 11 is 6.15. The second-order valence-electron chi connectivity index (χ2n) is 6.34. The summed E-state index contributed by atoms with van der Waals surface area (Å²) in [5, 5.41) is 13.7. The molecule has 0 saturated carbocycles. The summed E-state index contributed by atoms with van der Waals surface area (Å²) in [4.78, 5) is 4.66. The average molecular weight is 323 g/mol. The van der Waals surface area contributed by atoms with Gasteiger partial charge >= 0.3 is 0 Å². The van der Waals surface area contributed by atoms with E-state index in [9.17, 15) is 5.26 Å². The van der Waals surface area contributed by atoms with Gasteiger partial charge in [-0.05, 0) is 43.7 Å². The highest BCUT2D eigenvalue weighted by Gasteiger charge is 2.42. The minimum Gasteiger partial charge on any atom is -0.346 e. The Hall–Kier alpha value is -2.51. The standard InChI is InChI=1S/C18H15ClN4/c1-18(2)16(11-5-3-7-13(19)9-11)22-17-21-14-8-4-6-12(10-20)15(14)23(17)18/h3-9,16H,1-2H3,(H,21,22). The third-order valence-electron chi connectivity index (χ3n) is 4.54. The van der Waals surface area contributed by atoms with Gasteiger partial charge in [0, 0.05) is 5.02 Å². The van der Waals surface area contributed by atoms with Crippen molar-refractivity contribution in [1.82, 2.24) is 9.55 Å². The van der Waals surface area contributed by atoms with Crippen LogP contribution in [0.4, 0.5) is 5.95 Å². The number of nitriles is 1. The first-order chi connectivity index (χ1) is 11.0. The lowest BCUT2D eigenvalue weighted by Gasteiger charge is -2.29. The molecule has 0 bridgehead atoms. The zero-order valence-corrected chi connectivity index (χ0v) is 13.6. The maximum atomic E-state index is 9.45. The number of nitrogens with zero attached hydrogens (tertiary/aromatic N) is 3. The molecule has 114 valence electrons. The highest BCUT2D eigenvalue weighted by atomic mass is 35.5. The Balaban J connectivity index is 1.93. The van der Waals surface area contributed by atoms with E-state index in [4.69, 9.17) is 11.6 Å². The molecule has 5 heteroatoms. The number of rotatable bonds is 1. The van der Waals surface area contributed by atoms with Gasteiger partial charge in [0.1, 0.15) is 6.07 Å². The summed E-state index contributed by atoms with van der Waals surface area (Å²) in [6, 6.07) is 15.8. The van der Waals surface area contributed by atoms with Gasteiger partial charge in [-0.3, -0.25) is 0 Å². The van der Waals surface area contributed by atoms with E-state index in [2.05, 4.69) is 40.9 Å². The van der Waals surface area contributed by atoms with E-state index in [1.165, 1.54) is 0 Å². The Bertz CT molecular complexity index is 965. The van der Waals surface area contributed by atoms with Crippen LogP contribution in [-0.2, 0) is 5.54 Å². The third kappa shape index (κ3) is 1.94. The van der Waals surface area contributed by atoms with E-state index < -0.39 is 0 Å². The minimum absolute atomic E-state index is 0.0415. The van der Waals surface area contributed by atoms with Gasteiger partial charge in [0.15, 0.2) is 0 Å².